The largest absolute Gasteiger partial charge is 0.495 e. The Balaban J connectivity index is 0.00000256. The van der Waals surface area contributed by atoms with E-state index in [2.05, 4.69) is 45.3 Å². The van der Waals surface area contributed by atoms with Gasteiger partial charge in [0.05, 0.1) is 12.8 Å². The number of hydrogen-bond acceptors (Lipinski definition) is 5. The van der Waals surface area contributed by atoms with Crippen LogP contribution in [-0.4, -0.2) is 49.9 Å². The Labute approximate surface area is 185 Å². The van der Waals surface area contributed by atoms with Gasteiger partial charge >= 0.3 is 0 Å². The number of anilines is 1. The van der Waals surface area contributed by atoms with Crippen molar-refractivity contribution in [2.24, 2.45) is 0 Å². The minimum absolute atomic E-state index is 0. The van der Waals surface area contributed by atoms with Gasteiger partial charge in [-0.05, 0) is 31.5 Å². The molecule has 0 saturated carbocycles. The Morgan fingerprint density at radius 1 is 0.933 bits per heavy atom. The van der Waals surface area contributed by atoms with Crippen LogP contribution < -0.4 is 9.64 Å². The fourth-order valence-corrected chi connectivity index (χ4v) is 3.91. The van der Waals surface area contributed by atoms with Crippen LogP contribution in [0.15, 0.2) is 65.2 Å². The summed E-state index contributed by atoms with van der Waals surface area (Å²) >= 11 is 0. The number of benzene rings is 2. The summed E-state index contributed by atoms with van der Waals surface area (Å²) in [6.45, 7) is 5.42. The number of aryl methyl sites for hydroxylation is 1. The summed E-state index contributed by atoms with van der Waals surface area (Å²) in [5, 5.41) is 4.21. The molecule has 1 aliphatic heterocycles. The van der Waals surface area contributed by atoms with Gasteiger partial charge in [0.15, 0.2) is 0 Å². The van der Waals surface area contributed by atoms with Crippen molar-refractivity contribution in [3.8, 4) is 17.0 Å². The first-order valence-corrected chi connectivity index (χ1v) is 10.4. The summed E-state index contributed by atoms with van der Waals surface area (Å²) in [5.41, 5.74) is 3.23. The summed E-state index contributed by atoms with van der Waals surface area (Å²) < 4.78 is 11.0. The quantitative estimate of drug-likeness (QED) is 0.477. The van der Waals surface area contributed by atoms with E-state index in [0.717, 1.165) is 68.3 Å². The van der Waals surface area contributed by atoms with Crippen LogP contribution in [0.1, 0.15) is 18.6 Å². The predicted octanol–water partition coefficient (Wildman–Crippen LogP) is 4.92. The van der Waals surface area contributed by atoms with Crippen molar-refractivity contribution in [2.45, 2.75) is 19.3 Å². The maximum absolute atomic E-state index is 5.51. The SMILES string of the molecule is COc1ccccc1N1CCN(CCCCc2cc(-c3ccccc3)no2)CC1.Cl. The molecule has 0 N–H and O–H groups in total. The maximum Gasteiger partial charge on any atom is 0.142 e. The molecule has 1 aromatic heterocycles. The Hall–Kier alpha value is -2.50. The summed E-state index contributed by atoms with van der Waals surface area (Å²) in [6.07, 6.45) is 3.24. The van der Waals surface area contributed by atoms with Gasteiger partial charge in [-0.25, -0.2) is 0 Å². The van der Waals surface area contributed by atoms with E-state index in [0.29, 0.717) is 0 Å². The topological polar surface area (TPSA) is 41.7 Å². The van der Waals surface area contributed by atoms with E-state index < -0.39 is 0 Å². The van der Waals surface area contributed by atoms with Gasteiger partial charge in [0, 0.05) is 44.2 Å². The Bertz CT molecular complexity index is 892. The molecule has 0 unspecified atom stereocenters. The Kier molecular flexibility index (Phi) is 8.17. The molecule has 0 amide bonds. The molecule has 0 radical (unpaired) electrons. The number of hydrogen-bond donors (Lipinski definition) is 0. The van der Waals surface area contributed by atoms with E-state index in [4.69, 9.17) is 9.26 Å². The number of unbranched alkanes of at least 4 members (excludes halogenated alkanes) is 1. The zero-order valence-corrected chi connectivity index (χ0v) is 18.3. The lowest BCUT2D eigenvalue weighted by atomic mass is 10.1. The molecule has 4 rings (SSSR count). The lowest BCUT2D eigenvalue weighted by Gasteiger charge is -2.36. The van der Waals surface area contributed by atoms with Crippen molar-refractivity contribution < 1.29 is 9.26 Å². The standard InChI is InChI=1S/C24H29N3O2.ClH/c1-28-24-13-6-5-12-23(24)27-17-15-26(16-18-27)14-8-7-11-21-19-22(25-29-21)20-9-3-2-4-10-20;/h2-6,9-10,12-13,19H,7-8,11,14-18H2,1H3;1H. The zero-order chi connectivity index (χ0) is 19.9. The van der Waals surface area contributed by atoms with Crippen LogP contribution in [0.5, 0.6) is 5.75 Å². The van der Waals surface area contributed by atoms with Crippen LogP contribution in [0.2, 0.25) is 0 Å². The summed E-state index contributed by atoms with van der Waals surface area (Å²) in [6, 6.07) is 20.5. The highest BCUT2D eigenvalue weighted by atomic mass is 35.5. The molecule has 0 bridgehead atoms. The van der Waals surface area contributed by atoms with Gasteiger partial charge in [0.1, 0.15) is 17.2 Å². The van der Waals surface area contributed by atoms with E-state index in [1.165, 1.54) is 12.1 Å². The smallest absolute Gasteiger partial charge is 0.142 e. The lowest BCUT2D eigenvalue weighted by Crippen LogP contribution is -2.46. The first kappa shape index (κ1) is 22.2. The van der Waals surface area contributed by atoms with E-state index in [1.807, 2.05) is 30.3 Å². The highest BCUT2D eigenvalue weighted by molar-refractivity contribution is 5.85. The van der Waals surface area contributed by atoms with Crippen LogP contribution in [0.25, 0.3) is 11.3 Å². The second kappa shape index (κ2) is 11.0. The first-order valence-electron chi connectivity index (χ1n) is 10.4. The summed E-state index contributed by atoms with van der Waals surface area (Å²) in [7, 11) is 1.74. The molecule has 5 nitrogen and oxygen atoms in total. The molecule has 0 spiro atoms. The number of nitrogens with zero attached hydrogens (tertiary/aromatic N) is 3. The van der Waals surface area contributed by atoms with E-state index >= 15 is 0 Å². The van der Waals surface area contributed by atoms with Crippen LogP contribution in [0.3, 0.4) is 0 Å². The molecule has 0 aliphatic carbocycles. The van der Waals surface area contributed by atoms with Gasteiger partial charge < -0.3 is 14.2 Å². The summed E-state index contributed by atoms with van der Waals surface area (Å²) in [4.78, 5) is 4.98. The van der Waals surface area contributed by atoms with Crippen molar-refractivity contribution in [3.63, 3.8) is 0 Å². The maximum atomic E-state index is 5.51. The second-order valence-electron chi connectivity index (χ2n) is 7.50. The van der Waals surface area contributed by atoms with Gasteiger partial charge in [-0.15, -0.1) is 12.4 Å². The first-order chi connectivity index (χ1) is 14.3. The lowest BCUT2D eigenvalue weighted by molar-refractivity contribution is 0.251. The van der Waals surface area contributed by atoms with Crippen LogP contribution in [0.4, 0.5) is 5.69 Å². The monoisotopic (exact) mass is 427 g/mol. The van der Waals surface area contributed by atoms with E-state index in [-0.39, 0.29) is 12.4 Å². The normalized spacial score (nSPS) is 14.4. The van der Waals surface area contributed by atoms with Crippen LogP contribution >= 0.6 is 12.4 Å². The number of halogens is 1. The van der Waals surface area contributed by atoms with Crippen LogP contribution in [-0.2, 0) is 6.42 Å². The van der Waals surface area contributed by atoms with Crippen molar-refractivity contribution in [1.82, 2.24) is 10.1 Å². The average molecular weight is 428 g/mol. The highest BCUT2D eigenvalue weighted by Gasteiger charge is 2.19. The third-order valence-electron chi connectivity index (χ3n) is 5.57. The van der Waals surface area contributed by atoms with Crippen molar-refractivity contribution in [1.29, 1.82) is 0 Å². The molecule has 6 heteroatoms. The van der Waals surface area contributed by atoms with E-state index in [1.54, 1.807) is 7.11 Å². The molecule has 2 heterocycles. The molecule has 3 aromatic rings. The fourth-order valence-electron chi connectivity index (χ4n) is 3.91. The predicted molar refractivity (Wildman–Crippen MR) is 124 cm³/mol. The molecule has 1 aliphatic rings. The van der Waals surface area contributed by atoms with Gasteiger partial charge in [0.25, 0.3) is 0 Å². The number of ether oxygens (including phenoxy) is 1. The third-order valence-corrected chi connectivity index (χ3v) is 5.57. The number of methoxy groups -OCH3 is 1. The highest BCUT2D eigenvalue weighted by Crippen LogP contribution is 2.28. The van der Waals surface area contributed by atoms with Crippen molar-refractivity contribution in [3.05, 3.63) is 66.4 Å². The van der Waals surface area contributed by atoms with Crippen molar-refractivity contribution in [2.75, 3.05) is 44.7 Å². The van der Waals surface area contributed by atoms with Gasteiger partial charge in [0.2, 0.25) is 0 Å². The van der Waals surface area contributed by atoms with Crippen LogP contribution in [0, 0.1) is 0 Å². The number of para-hydroxylation sites is 2. The molecule has 30 heavy (non-hydrogen) atoms. The molecule has 1 fully saturated rings. The minimum Gasteiger partial charge on any atom is -0.495 e. The molecule has 2 aromatic carbocycles. The second-order valence-corrected chi connectivity index (χ2v) is 7.50. The average Bonchev–Trinajstić information content (AvgIpc) is 3.27. The minimum atomic E-state index is 0. The molecular formula is C24H30ClN3O2. The summed E-state index contributed by atoms with van der Waals surface area (Å²) in [5.74, 6) is 1.94. The fraction of sp³-hybridized carbons (Fsp3) is 0.375. The van der Waals surface area contributed by atoms with E-state index in [9.17, 15) is 0 Å². The third kappa shape index (κ3) is 5.55. The van der Waals surface area contributed by atoms with Gasteiger partial charge in [-0.1, -0.05) is 47.6 Å². The zero-order valence-electron chi connectivity index (χ0n) is 17.5. The number of rotatable bonds is 8. The number of aromatic nitrogens is 1. The molecule has 1 saturated heterocycles. The molecular weight excluding hydrogens is 398 g/mol. The Morgan fingerprint density at radius 3 is 2.43 bits per heavy atom. The van der Waals surface area contributed by atoms with Gasteiger partial charge in [-0.2, -0.15) is 0 Å². The molecule has 0 atom stereocenters. The molecule has 160 valence electrons. The van der Waals surface area contributed by atoms with Gasteiger partial charge in [-0.3, -0.25) is 4.90 Å². The number of piperazine rings is 1. The van der Waals surface area contributed by atoms with Crippen molar-refractivity contribution >= 4 is 18.1 Å². The Morgan fingerprint density at radius 2 is 1.67 bits per heavy atom.